The van der Waals surface area contributed by atoms with Gasteiger partial charge in [0.15, 0.2) is 0 Å². The van der Waals surface area contributed by atoms with E-state index in [4.69, 9.17) is 0 Å². The molecule has 8 aromatic carbocycles. The molecule has 2 aliphatic carbocycles. The van der Waals surface area contributed by atoms with Crippen LogP contribution in [0.25, 0.3) is 77.2 Å². The van der Waals surface area contributed by atoms with Gasteiger partial charge in [-0.15, -0.1) is 0 Å². The van der Waals surface area contributed by atoms with Crippen molar-refractivity contribution in [2.45, 2.75) is 38.5 Å². The quantitative estimate of drug-likeness (QED) is 0.169. The van der Waals surface area contributed by atoms with Crippen molar-refractivity contribution in [2.75, 3.05) is 0 Å². The molecule has 2 aliphatic rings. The highest BCUT2D eigenvalue weighted by Gasteiger charge is 2.44. The van der Waals surface area contributed by atoms with Crippen LogP contribution in [0.15, 0.2) is 158 Å². The molecule has 0 unspecified atom stereocenters. The van der Waals surface area contributed by atoms with Crippen molar-refractivity contribution in [2.24, 2.45) is 0 Å². The zero-order valence-electron chi connectivity index (χ0n) is 29.0. The van der Waals surface area contributed by atoms with Gasteiger partial charge < -0.3 is 0 Å². The molecule has 0 bridgehead atoms. The summed E-state index contributed by atoms with van der Waals surface area (Å²) >= 11 is 0. The van der Waals surface area contributed by atoms with Crippen molar-refractivity contribution in [3.8, 4) is 55.6 Å². The lowest BCUT2D eigenvalue weighted by atomic mass is 9.74. The molecule has 0 amide bonds. The van der Waals surface area contributed by atoms with Gasteiger partial charge in [-0.25, -0.2) is 0 Å². The molecule has 0 saturated heterocycles. The van der Waals surface area contributed by atoms with Crippen LogP contribution in [0.5, 0.6) is 0 Å². The molecule has 0 heterocycles. The molecule has 0 aromatic heterocycles. The van der Waals surface area contributed by atoms with E-state index in [1.165, 1.54) is 99.4 Å². The van der Waals surface area contributed by atoms with Gasteiger partial charge in [-0.1, -0.05) is 173 Å². The normalized spacial score (nSPS) is 14.7. The number of rotatable bonds is 3. The van der Waals surface area contributed by atoms with E-state index in [9.17, 15) is 0 Å². The second kappa shape index (κ2) is 10.4. The summed E-state index contributed by atoms with van der Waals surface area (Å²) in [5.41, 5.74) is 18.7. The number of benzene rings is 8. The summed E-state index contributed by atoms with van der Waals surface area (Å²) in [6.07, 6.45) is 0. The highest BCUT2D eigenvalue weighted by atomic mass is 14.5. The minimum absolute atomic E-state index is 0.103. The number of fused-ring (bicyclic) bond motifs is 8. The second-order valence-corrected chi connectivity index (χ2v) is 15.2. The highest BCUT2D eigenvalue weighted by Crippen LogP contribution is 2.60. The Hall–Kier alpha value is -5.72. The predicted molar refractivity (Wildman–Crippen MR) is 213 cm³/mol. The molecule has 0 atom stereocenters. The van der Waals surface area contributed by atoms with Gasteiger partial charge in [0.05, 0.1) is 0 Å². The van der Waals surface area contributed by atoms with Gasteiger partial charge in [-0.05, 0) is 112 Å². The van der Waals surface area contributed by atoms with Gasteiger partial charge in [0.2, 0.25) is 0 Å². The summed E-state index contributed by atoms with van der Waals surface area (Å²) in [6, 6.07) is 59.0. The van der Waals surface area contributed by atoms with E-state index >= 15 is 0 Å². The lowest BCUT2D eigenvalue weighted by molar-refractivity contribution is 0.653. The smallest absolute Gasteiger partial charge is 0.0165 e. The molecule has 0 nitrogen and oxygen atoms in total. The lowest BCUT2D eigenvalue weighted by Gasteiger charge is -2.28. The van der Waals surface area contributed by atoms with Crippen LogP contribution in [0.2, 0.25) is 0 Å². The minimum Gasteiger partial charge on any atom is -0.0622 e. The SMILES string of the molecule is CC1(C)c2ccccc2-c2c1cc1c(c2-c2cccc(-c3c4ccccc4c(-c4ccccc4)c4ccccc34)c2)C(C)(C)c2ccccc2-1. The van der Waals surface area contributed by atoms with Crippen molar-refractivity contribution in [3.63, 3.8) is 0 Å². The molecule has 10 rings (SSSR count). The standard InChI is InChI=1S/C50H38/c1-49(2)42-28-15-13-26-39(42)47-43(49)30-40-34-21-12-14-27-41(34)50(3,4)48(40)46(47)33-20-16-19-32(29-33)45-37-24-10-8-22-35(37)44(31-17-6-5-7-18-31)36-23-9-11-25-38(36)45/h5-30H,1-4H3. The maximum Gasteiger partial charge on any atom is 0.0165 e. The van der Waals surface area contributed by atoms with Crippen molar-refractivity contribution < 1.29 is 0 Å². The van der Waals surface area contributed by atoms with E-state index in [0.717, 1.165) is 0 Å². The topological polar surface area (TPSA) is 0 Å². The van der Waals surface area contributed by atoms with Gasteiger partial charge in [-0.3, -0.25) is 0 Å². The van der Waals surface area contributed by atoms with E-state index < -0.39 is 0 Å². The monoisotopic (exact) mass is 638 g/mol. The van der Waals surface area contributed by atoms with Gasteiger partial charge in [-0.2, -0.15) is 0 Å². The van der Waals surface area contributed by atoms with Crippen LogP contribution >= 0.6 is 0 Å². The summed E-state index contributed by atoms with van der Waals surface area (Å²) in [4.78, 5) is 0. The van der Waals surface area contributed by atoms with Gasteiger partial charge in [0.1, 0.15) is 0 Å². The summed E-state index contributed by atoms with van der Waals surface area (Å²) in [5, 5.41) is 5.13. The molecule has 50 heavy (non-hydrogen) atoms. The Bertz CT molecular complexity index is 2630. The average Bonchev–Trinajstić information content (AvgIpc) is 3.53. The van der Waals surface area contributed by atoms with Gasteiger partial charge in [0.25, 0.3) is 0 Å². The Morgan fingerprint density at radius 3 is 1.38 bits per heavy atom. The fourth-order valence-electron chi connectivity index (χ4n) is 9.58. The summed E-state index contributed by atoms with van der Waals surface area (Å²) < 4.78 is 0. The number of hydrogen-bond acceptors (Lipinski definition) is 0. The summed E-state index contributed by atoms with van der Waals surface area (Å²) in [5.74, 6) is 0. The molecule has 238 valence electrons. The van der Waals surface area contributed by atoms with Crippen molar-refractivity contribution in [1.29, 1.82) is 0 Å². The first-order valence-electron chi connectivity index (χ1n) is 17.9. The minimum atomic E-state index is -0.148. The van der Waals surface area contributed by atoms with Crippen molar-refractivity contribution >= 4 is 21.5 Å². The second-order valence-electron chi connectivity index (χ2n) is 15.2. The third-order valence-electron chi connectivity index (χ3n) is 11.8. The summed E-state index contributed by atoms with van der Waals surface area (Å²) in [6.45, 7) is 9.66. The Labute approximate surface area is 294 Å². The van der Waals surface area contributed by atoms with E-state index in [2.05, 4.69) is 185 Å². The molecular formula is C50H38. The van der Waals surface area contributed by atoms with Crippen LogP contribution in [0.1, 0.15) is 49.9 Å². The Kier molecular flexibility index (Phi) is 6.07. The third-order valence-corrected chi connectivity index (χ3v) is 11.8. The molecule has 0 aliphatic heterocycles. The average molecular weight is 639 g/mol. The van der Waals surface area contributed by atoms with E-state index in [0.29, 0.717) is 0 Å². The van der Waals surface area contributed by atoms with Crippen LogP contribution in [0, 0.1) is 0 Å². The van der Waals surface area contributed by atoms with Crippen LogP contribution in [-0.2, 0) is 10.8 Å². The molecule has 0 N–H and O–H groups in total. The fourth-order valence-corrected chi connectivity index (χ4v) is 9.58. The Balaban J connectivity index is 1.31. The Morgan fingerprint density at radius 2 is 0.760 bits per heavy atom. The van der Waals surface area contributed by atoms with Crippen molar-refractivity contribution in [1.82, 2.24) is 0 Å². The molecule has 0 spiro atoms. The molecule has 0 radical (unpaired) electrons. The first kappa shape index (κ1) is 29.2. The third kappa shape index (κ3) is 3.88. The maximum absolute atomic E-state index is 2.54. The van der Waals surface area contributed by atoms with Crippen LogP contribution < -0.4 is 0 Å². The number of hydrogen-bond donors (Lipinski definition) is 0. The van der Waals surface area contributed by atoms with Gasteiger partial charge in [0, 0.05) is 10.8 Å². The predicted octanol–water partition coefficient (Wildman–Crippen LogP) is 13.6. The lowest BCUT2D eigenvalue weighted by Crippen LogP contribution is -2.18. The highest BCUT2D eigenvalue weighted by molar-refractivity contribution is 6.21. The first-order chi connectivity index (χ1) is 24.4. The first-order valence-corrected chi connectivity index (χ1v) is 17.9. The molecular weight excluding hydrogens is 601 g/mol. The zero-order chi connectivity index (χ0) is 33.8. The molecule has 0 heteroatoms. The van der Waals surface area contributed by atoms with Crippen molar-refractivity contribution in [3.05, 3.63) is 180 Å². The largest absolute Gasteiger partial charge is 0.0622 e. The molecule has 0 fully saturated rings. The zero-order valence-corrected chi connectivity index (χ0v) is 29.0. The van der Waals surface area contributed by atoms with E-state index in [-0.39, 0.29) is 10.8 Å². The van der Waals surface area contributed by atoms with E-state index in [1.54, 1.807) is 0 Å². The maximum atomic E-state index is 2.54. The van der Waals surface area contributed by atoms with E-state index in [1.807, 2.05) is 0 Å². The molecule has 8 aromatic rings. The van der Waals surface area contributed by atoms with Crippen LogP contribution in [0.3, 0.4) is 0 Å². The van der Waals surface area contributed by atoms with Crippen LogP contribution in [0.4, 0.5) is 0 Å². The van der Waals surface area contributed by atoms with Crippen LogP contribution in [-0.4, -0.2) is 0 Å². The molecule has 0 saturated carbocycles. The Morgan fingerprint density at radius 1 is 0.300 bits per heavy atom. The summed E-state index contributed by atoms with van der Waals surface area (Å²) in [7, 11) is 0. The van der Waals surface area contributed by atoms with Gasteiger partial charge >= 0.3 is 0 Å². The fraction of sp³-hybridized carbons (Fsp3) is 0.120.